The molecule has 4 aromatic rings. The second-order valence-corrected chi connectivity index (χ2v) is 6.13. The van der Waals surface area contributed by atoms with Crippen molar-refractivity contribution in [3.8, 4) is 11.3 Å². The zero-order valence-electron chi connectivity index (χ0n) is 12.4. The Kier molecular flexibility index (Phi) is 3.74. The Morgan fingerprint density at radius 2 is 1.87 bits per heavy atom. The Balaban J connectivity index is 1.54. The van der Waals surface area contributed by atoms with E-state index in [1.165, 1.54) is 16.3 Å². The highest BCUT2D eigenvalue weighted by Gasteiger charge is 2.05. The summed E-state index contributed by atoms with van der Waals surface area (Å²) in [4.78, 5) is 8.79. The summed E-state index contributed by atoms with van der Waals surface area (Å²) in [7, 11) is 0. The quantitative estimate of drug-likeness (QED) is 0.577. The molecule has 2 aromatic carbocycles. The summed E-state index contributed by atoms with van der Waals surface area (Å²) in [5, 5.41) is 8.97. The third-order valence-corrected chi connectivity index (χ3v) is 4.57. The molecule has 3 nitrogen and oxygen atoms in total. The van der Waals surface area contributed by atoms with Gasteiger partial charge >= 0.3 is 0 Å². The molecule has 0 fully saturated rings. The molecule has 0 aliphatic carbocycles. The maximum Gasteiger partial charge on any atom is 0.183 e. The first kappa shape index (κ1) is 13.9. The smallest absolute Gasteiger partial charge is 0.183 e. The molecule has 0 unspecified atom stereocenters. The summed E-state index contributed by atoms with van der Waals surface area (Å²) in [6.45, 7) is 0.765. The van der Waals surface area contributed by atoms with Crippen LogP contribution in [0.4, 0.5) is 5.13 Å². The van der Waals surface area contributed by atoms with Gasteiger partial charge in [0.05, 0.1) is 5.69 Å². The summed E-state index contributed by atoms with van der Waals surface area (Å²) in [6, 6.07) is 18.8. The fraction of sp³-hybridized carbons (Fsp3) is 0.0526. The fourth-order valence-electron chi connectivity index (χ4n) is 2.62. The molecule has 0 spiro atoms. The van der Waals surface area contributed by atoms with Gasteiger partial charge in [0.15, 0.2) is 5.13 Å². The van der Waals surface area contributed by atoms with Gasteiger partial charge in [-0.1, -0.05) is 42.5 Å². The van der Waals surface area contributed by atoms with Crippen LogP contribution in [0.5, 0.6) is 0 Å². The Hall–Kier alpha value is -2.72. The molecule has 4 rings (SSSR count). The molecule has 2 heterocycles. The lowest BCUT2D eigenvalue weighted by Gasteiger charge is -2.07. The molecular weight excluding hydrogens is 302 g/mol. The van der Waals surface area contributed by atoms with Crippen molar-refractivity contribution in [3.05, 3.63) is 77.9 Å². The minimum absolute atomic E-state index is 0.765. The van der Waals surface area contributed by atoms with Gasteiger partial charge < -0.3 is 5.32 Å². The second-order valence-electron chi connectivity index (χ2n) is 5.27. The molecule has 0 amide bonds. The van der Waals surface area contributed by atoms with Gasteiger partial charge in [-0.15, -0.1) is 11.3 Å². The van der Waals surface area contributed by atoms with E-state index in [-0.39, 0.29) is 0 Å². The minimum Gasteiger partial charge on any atom is -0.357 e. The van der Waals surface area contributed by atoms with Gasteiger partial charge in [0, 0.05) is 29.9 Å². The van der Waals surface area contributed by atoms with Gasteiger partial charge in [-0.05, 0) is 28.5 Å². The number of thiazole rings is 1. The van der Waals surface area contributed by atoms with Crippen LogP contribution in [0.25, 0.3) is 22.0 Å². The van der Waals surface area contributed by atoms with Crippen molar-refractivity contribution in [1.29, 1.82) is 0 Å². The van der Waals surface area contributed by atoms with Crippen LogP contribution in [0.2, 0.25) is 0 Å². The SMILES string of the molecule is c1cncc(-c2csc(NCc3cccc4ccccc34)n2)c1. The van der Waals surface area contributed by atoms with Crippen molar-refractivity contribution in [3.63, 3.8) is 0 Å². The third kappa shape index (κ3) is 2.94. The van der Waals surface area contributed by atoms with E-state index in [0.717, 1.165) is 22.9 Å². The average Bonchev–Trinajstić information content (AvgIpc) is 3.10. The van der Waals surface area contributed by atoms with Crippen LogP contribution in [0, 0.1) is 0 Å². The largest absolute Gasteiger partial charge is 0.357 e. The highest BCUT2D eigenvalue weighted by atomic mass is 32.1. The monoisotopic (exact) mass is 317 g/mol. The number of hydrogen-bond acceptors (Lipinski definition) is 4. The maximum absolute atomic E-state index is 4.64. The summed E-state index contributed by atoms with van der Waals surface area (Å²) in [5.41, 5.74) is 3.28. The molecule has 0 bridgehead atoms. The van der Waals surface area contributed by atoms with Crippen LogP contribution >= 0.6 is 11.3 Å². The van der Waals surface area contributed by atoms with Crippen molar-refractivity contribution in [2.45, 2.75) is 6.54 Å². The molecule has 0 saturated heterocycles. The second kappa shape index (κ2) is 6.18. The molecule has 0 radical (unpaired) electrons. The summed E-state index contributed by atoms with van der Waals surface area (Å²) in [6.07, 6.45) is 3.61. The van der Waals surface area contributed by atoms with Gasteiger partial charge in [0.25, 0.3) is 0 Å². The van der Waals surface area contributed by atoms with Gasteiger partial charge in [-0.25, -0.2) is 4.98 Å². The van der Waals surface area contributed by atoms with Crippen LogP contribution in [0.15, 0.2) is 72.4 Å². The van der Waals surface area contributed by atoms with Crippen LogP contribution in [-0.4, -0.2) is 9.97 Å². The molecule has 23 heavy (non-hydrogen) atoms. The van der Waals surface area contributed by atoms with E-state index >= 15 is 0 Å². The van der Waals surface area contributed by atoms with Crippen molar-refractivity contribution < 1.29 is 0 Å². The van der Waals surface area contributed by atoms with Crippen molar-refractivity contribution in [2.75, 3.05) is 5.32 Å². The molecule has 0 aliphatic heterocycles. The normalized spacial score (nSPS) is 10.8. The minimum atomic E-state index is 0.765. The first-order chi connectivity index (χ1) is 11.4. The predicted molar refractivity (Wildman–Crippen MR) is 96.6 cm³/mol. The number of anilines is 1. The zero-order valence-corrected chi connectivity index (χ0v) is 13.3. The molecule has 112 valence electrons. The summed E-state index contributed by atoms with van der Waals surface area (Å²) >= 11 is 1.62. The number of benzene rings is 2. The van der Waals surface area contributed by atoms with Gasteiger partial charge in [-0.2, -0.15) is 0 Å². The molecule has 4 heteroatoms. The molecule has 1 N–H and O–H groups in total. The van der Waals surface area contributed by atoms with Gasteiger partial charge in [0.1, 0.15) is 0 Å². The molecule has 0 aliphatic rings. The van der Waals surface area contributed by atoms with Crippen LogP contribution in [-0.2, 0) is 6.54 Å². The van der Waals surface area contributed by atoms with Crippen molar-refractivity contribution in [2.24, 2.45) is 0 Å². The summed E-state index contributed by atoms with van der Waals surface area (Å²) in [5.74, 6) is 0. The highest BCUT2D eigenvalue weighted by Crippen LogP contribution is 2.25. The lowest BCUT2D eigenvalue weighted by molar-refractivity contribution is 1.15. The first-order valence-corrected chi connectivity index (χ1v) is 8.34. The maximum atomic E-state index is 4.64. The van der Waals surface area contributed by atoms with E-state index in [0.29, 0.717) is 0 Å². The van der Waals surface area contributed by atoms with Crippen LogP contribution in [0.3, 0.4) is 0 Å². The molecule has 2 aromatic heterocycles. The van der Waals surface area contributed by atoms with E-state index in [1.807, 2.05) is 18.3 Å². The Morgan fingerprint density at radius 1 is 0.957 bits per heavy atom. The molecule has 0 saturated carbocycles. The van der Waals surface area contributed by atoms with Crippen LogP contribution in [0.1, 0.15) is 5.56 Å². The summed E-state index contributed by atoms with van der Waals surface area (Å²) < 4.78 is 0. The zero-order chi connectivity index (χ0) is 15.5. The Bertz CT molecular complexity index is 926. The number of hydrogen-bond donors (Lipinski definition) is 1. The van der Waals surface area contributed by atoms with Crippen molar-refractivity contribution >= 4 is 27.2 Å². The number of rotatable bonds is 4. The molecule has 0 atom stereocenters. The topological polar surface area (TPSA) is 37.8 Å². The standard InChI is InChI=1S/C19H15N3S/c1-2-9-17-14(5-1)6-3-7-15(17)12-21-19-22-18(13-23-19)16-8-4-10-20-11-16/h1-11,13H,12H2,(H,21,22). The number of nitrogens with one attached hydrogen (secondary N) is 1. The first-order valence-electron chi connectivity index (χ1n) is 7.46. The highest BCUT2D eigenvalue weighted by molar-refractivity contribution is 7.14. The van der Waals surface area contributed by atoms with E-state index in [2.05, 4.69) is 63.1 Å². The van der Waals surface area contributed by atoms with E-state index in [9.17, 15) is 0 Å². The average molecular weight is 317 g/mol. The molecular formula is C19H15N3S. The number of aromatic nitrogens is 2. The lowest BCUT2D eigenvalue weighted by atomic mass is 10.0. The van der Waals surface area contributed by atoms with Gasteiger partial charge in [0.2, 0.25) is 0 Å². The Morgan fingerprint density at radius 3 is 2.78 bits per heavy atom. The fourth-order valence-corrected chi connectivity index (χ4v) is 3.34. The number of nitrogens with zero attached hydrogens (tertiary/aromatic N) is 2. The van der Waals surface area contributed by atoms with Gasteiger partial charge in [-0.3, -0.25) is 4.98 Å². The van der Waals surface area contributed by atoms with E-state index in [1.54, 1.807) is 17.5 Å². The van der Waals surface area contributed by atoms with Crippen LogP contribution < -0.4 is 5.32 Å². The lowest BCUT2D eigenvalue weighted by Crippen LogP contribution is -1.99. The Labute approximate surface area is 138 Å². The third-order valence-electron chi connectivity index (χ3n) is 3.77. The number of pyridine rings is 1. The van der Waals surface area contributed by atoms with E-state index < -0.39 is 0 Å². The van der Waals surface area contributed by atoms with Crippen molar-refractivity contribution in [1.82, 2.24) is 9.97 Å². The number of fused-ring (bicyclic) bond motifs is 1. The predicted octanol–water partition coefficient (Wildman–Crippen LogP) is 4.97. The van der Waals surface area contributed by atoms with E-state index in [4.69, 9.17) is 0 Å².